The molecule has 70 heavy (non-hydrogen) atoms. The van der Waals surface area contributed by atoms with Crippen molar-refractivity contribution < 1.29 is 38.1 Å². The number of aryl methyl sites for hydroxylation is 2. The number of carbonyl (C=O) groups is 4. The molecule has 0 saturated heterocycles. The number of fused-ring (bicyclic) bond motifs is 6. The van der Waals surface area contributed by atoms with Crippen LogP contribution in [0.25, 0.3) is 28.1 Å². The SMILES string of the molecule is C#C.C/C=C(\N/C(CN(CCC)C(=O)[C@H](NC(=O)OC)c1ccccc1)=C(\C)CC)c1ccc2c(c1)COc1cc3c(cc1-2)CCc1[nH]c(CN(CCC)C(=O)CNC(=O)OC)nc1-3.CCC.COC. The molecule has 1 aromatic heterocycles. The van der Waals surface area contributed by atoms with Gasteiger partial charge in [0.2, 0.25) is 11.8 Å². The van der Waals surface area contributed by atoms with E-state index in [0.29, 0.717) is 44.2 Å². The highest BCUT2D eigenvalue weighted by molar-refractivity contribution is 5.88. The molecule has 0 radical (unpaired) electrons. The number of imidazole rings is 1. The highest BCUT2D eigenvalue weighted by Gasteiger charge is 2.30. The molecule has 0 spiro atoms. The minimum absolute atomic E-state index is 0.152. The molecule has 2 heterocycles. The van der Waals surface area contributed by atoms with Crippen molar-refractivity contribution in [2.24, 2.45) is 0 Å². The fourth-order valence-electron chi connectivity index (χ4n) is 7.95. The zero-order chi connectivity index (χ0) is 51.8. The molecule has 15 heteroatoms. The number of carbonyl (C=O) groups excluding carboxylic acids is 4. The van der Waals surface area contributed by atoms with Gasteiger partial charge in [0.25, 0.3) is 0 Å². The van der Waals surface area contributed by atoms with Crippen molar-refractivity contribution in [3.63, 3.8) is 0 Å². The summed E-state index contributed by atoms with van der Waals surface area (Å²) in [6, 6.07) is 19.1. The van der Waals surface area contributed by atoms with Gasteiger partial charge in [0.05, 0.1) is 33.0 Å². The summed E-state index contributed by atoms with van der Waals surface area (Å²) in [5, 5.41) is 8.93. The van der Waals surface area contributed by atoms with Crippen molar-refractivity contribution in [1.29, 1.82) is 0 Å². The van der Waals surface area contributed by atoms with E-state index in [1.807, 2.05) is 57.2 Å². The second-order valence-corrected chi connectivity index (χ2v) is 16.6. The van der Waals surface area contributed by atoms with Crippen LogP contribution in [0.15, 0.2) is 78.0 Å². The van der Waals surface area contributed by atoms with Gasteiger partial charge in [-0.1, -0.05) is 95.2 Å². The standard InChI is InChI=1S/C48H59N7O7.C3H8.C2H6O.C2H2/c1-8-21-54(43(56)26-49-47(58)60-6)28-42-51-39-20-18-32-24-37-35-19-17-33(23-34(35)29-62-41(37)25-36(32)45(39)52-42)38(11-4)50-40(30(5)10-3)27-55(22-9-2)46(57)44(53-48(59)61-7)31-15-13-12-14-16-31;2*1-3-2;1-2/h11-17,19,23-25,44,50H,8-10,18,20-22,26-29H2,1-7H3,(H,49,58)(H,51,52)(H,53,59);3H2,1-2H3;1-2H3;1-2H/b38-11-,40-30+;;;/t44-;;;/m1.../s1. The van der Waals surface area contributed by atoms with Crippen molar-refractivity contribution in [3.8, 4) is 41.0 Å². The van der Waals surface area contributed by atoms with Crippen molar-refractivity contribution in [2.45, 2.75) is 106 Å². The number of aromatic nitrogens is 2. The third-order valence-corrected chi connectivity index (χ3v) is 11.4. The molecule has 4 amide bonds. The number of nitrogens with zero attached hydrogens (tertiary/aromatic N) is 3. The van der Waals surface area contributed by atoms with Crippen LogP contribution in [0.3, 0.4) is 0 Å². The summed E-state index contributed by atoms with van der Waals surface area (Å²) in [5.41, 5.74) is 11.9. The van der Waals surface area contributed by atoms with Crippen molar-refractivity contribution in [3.05, 3.63) is 112 Å². The first-order valence-electron chi connectivity index (χ1n) is 24.0. The van der Waals surface area contributed by atoms with Crippen LogP contribution < -0.4 is 20.7 Å². The Hall–Kier alpha value is -7.05. The molecule has 4 N–H and O–H groups in total. The van der Waals surface area contributed by atoms with Crippen LogP contribution in [-0.2, 0) is 49.8 Å². The van der Waals surface area contributed by atoms with Gasteiger partial charge < -0.3 is 49.7 Å². The van der Waals surface area contributed by atoms with Gasteiger partial charge in [-0.05, 0) is 92.0 Å². The van der Waals surface area contributed by atoms with Crippen LogP contribution in [0.4, 0.5) is 9.59 Å². The quantitative estimate of drug-likeness (QED) is 0.0746. The van der Waals surface area contributed by atoms with Gasteiger partial charge in [-0.2, -0.15) is 0 Å². The van der Waals surface area contributed by atoms with E-state index >= 15 is 0 Å². The smallest absolute Gasteiger partial charge is 0.407 e. The first-order valence-corrected chi connectivity index (χ1v) is 24.0. The Morgan fingerprint density at radius 1 is 0.843 bits per heavy atom. The maximum absolute atomic E-state index is 14.2. The van der Waals surface area contributed by atoms with Crippen LogP contribution in [0.5, 0.6) is 5.75 Å². The summed E-state index contributed by atoms with van der Waals surface area (Å²) >= 11 is 0. The topological polar surface area (TPSA) is 176 Å². The first kappa shape index (κ1) is 57.3. The second-order valence-electron chi connectivity index (χ2n) is 16.6. The van der Waals surface area contributed by atoms with Crippen molar-refractivity contribution in [2.75, 3.05) is 54.6 Å². The van der Waals surface area contributed by atoms with E-state index < -0.39 is 18.2 Å². The van der Waals surface area contributed by atoms with Crippen molar-refractivity contribution in [1.82, 2.24) is 35.7 Å². The van der Waals surface area contributed by atoms with Crippen LogP contribution in [-0.4, -0.2) is 98.4 Å². The van der Waals surface area contributed by atoms with Gasteiger partial charge in [-0.25, -0.2) is 14.6 Å². The van der Waals surface area contributed by atoms with E-state index in [2.05, 4.69) is 101 Å². The third-order valence-electron chi connectivity index (χ3n) is 11.4. The summed E-state index contributed by atoms with van der Waals surface area (Å²) in [6.45, 7) is 16.3. The molecule has 1 atom stereocenters. The fraction of sp³-hybridized carbons (Fsp3) is 0.436. The Balaban J connectivity index is 0.00000152. The number of amides is 4. The molecule has 378 valence electrons. The number of hydrogen-bond acceptors (Lipinski definition) is 10. The minimum atomic E-state index is -0.907. The molecule has 1 aliphatic heterocycles. The Morgan fingerprint density at radius 2 is 1.50 bits per heavy atom. The largest absolute Gasteiger partial charge is 0.488 e. The molecule has 0 saturated carbocycles. The lowest BCUT2D eigenvalue weighted by molar-refractivity contribution is -0.133. The number of benzene rings is 3. The van der Waals surface area contributed by atoms with E-state index in [0.717, 1.165) is 94.0 Å². The average molecular weight is 962 g/mol. The molecule has 15 nitrogen and oxygen atoms in total. The molecule has 1 aliphatic carbocycles. The second kappa shape index (κ2) is 29.8. The van der Waals surface area contributed by atoms with Gasteiger partial charge in [-0.15, -0.1) is 12.8 Å². The van der Waals surface area contributed by atoms with E-state index in [1.54, 1.807) is 24.0 Å². The Kier molecular flexibility index (Phi) is 24.3. The Bertz CT molecular complexity index is 2420. The predicted octanol–water partition coefficient (Wildman–Crippen LogP) is 9.73. The molecule has 4 aromatic rings. The number of aromatic amines is 1. The van der Waals surface area contributed by atoms with Gasteiger partial charge in [0, 0.05) is 55.5 Å². The summed E-state index contributed by atoms with van der Waals surface area (Å²) < 4.78 is 20.2. The Labute approximate surface area is 415 Å². The van der Waals surface area contributed by atoms with E-state index in [-0.39, 0.29) is 18.4 Å². The molecule has 0 fully saturated rings. The summed E-state index contributed by atoms with van der Waals surface area (Å²) in [4.78, 5) is 63.1. The molecular weight excluding hydrogens is 887 g/mol. The minimum Gasteiger partial charge on any atom is -0.488 e. The van der Waals surface area contributed by atoms with Crippen LogP contribution in [0.2, 0.25) is 0 Å². The number of rotatable bonds is 17. The summed E-state index contributed by atoms with van der Waals surface area (Å²) in [5.74, 6) is 1.05. The monoisotopic (exact) mass is 962 g/mol. The lowest BCUT2D eigenvalue weighted by Crippen LogP contribution is -2.45. The number of allylic oxidation sites excluding steroid dienone is 2. The maximum Gasteiger partial charge on any atom is 0.407 e. The van der Waals surface area contributed by atoms with Gasteiger partial charge >= 0.3 is 12.2 Å². The predicted molar refractivity (Wildman–Crippen MR) is 277 cm³/mol. The van der Waals surface area contributed by atoms with E-state index in [9.17, 15) is 19.2 Å². The van der Waals surface area contributed by atoms with Gasteiger partial charge in [-0.3, -0.25) is 9.59 Å². The molecule has 0 unspecified atom stereocenters. The first-order chi connectivity index (χ1) is 33.8. The highest BCUT2D eigenvalue weighted by Crippen LogP contribution is 2.44. The number of H-pyrrole nitrogens is 1. The zero-order valence-electron chi connectivity index (χ0n) is 43.2. The van der Waals surface area contributed by atoms with Crippen LogP contribution in [0.1, 0.15) is 114 Å². The average Bonchev–Trinajstić information content (AvgIpc) is 3.81. The lowest BCUT2D eigenvalue weighted by atomic mass is 9.86. The maximum atomic E-state index is 14.2. The number of ether oxygens (including phenoxy) is 4. The molecule has 2 aliphatic rings. The van der Waals surface area contributed by atoms with Crippen LogP contribution in [0, 0.1) is 12.8 Å². The van der Waals surface area contributed by atoms with Gasteiger partial charge in [0.1, 0.15) is 30.8 Å². The summed E-state index contributed by atoms with van der Waals surface area (Å²) in [6.07, 6.45) is 13.9. The fourth-order valence-corrected chi connectivity index (χ4v) is 7.95. The van der Waals surface area contributed by atoms with E-state index in [1.165, 1.54) is 26.2 Å². The van der Waals surface area contributed by atoms with Crippen molar-refractivity contribution >= 4 is 29.7 Å². The normalized spacial score (nSPS) is 12.4. The number of methoxy groups -OCH3 is 3. The van der Waals surface area contributed by atoms with Gasteiger partial charge in [0.15, 0.2) is 0 Å². The number of nitrogens with one attached hydrogen (secondary N) is 4. The number of alkyl carbamates (subject to hydrolysis) is 2. The lowest BCUT2D eigenvalue weighted by Gasteiger charge is -2.30. The molecule has 6 rings (SSSR count). The zero-order valence-corrected chi connectivity index (χ0v) is 43.2. The van der Waals surface area contributed by atoms with E-state index in [4.69, 9.17) is 14.5 Å². The Morgan fingerprint density at radius 3 is 2.11 bits per heavy atom. The number of hydrogen-bond donors (Lipinski definition) is 4. The molecule has 0 bridgehead atoms. The molecule has 3 aromatic carbocycles. The number of terminal acetylenes is 1. The molecular formula is C55H75N7O8. The highest BCUT2D eigenvalue weighted by atomic mass is 16.5. The van der Waals surface area contributed by atoms with Crippen LogP contribution >= 0.6 is 0 Å². The third kappa shape index (κ3) is 15.5. The summed E-state index contributed by atoms with van der Waals surface area (Å²) in [7, 11) is 5.80.